The number of benzene rings is 1. The van der Waals surface area contributed by atoms with E-state index in [9.17, 15) is 9.59 Å². The van der Waals surface area contributed by atoms with Gasteiger partial charge in [-0.15, -0.1) is 0 Å². The molecule has 0 bridgehead atoms. The lowest BCUT2D eigenvalue weighted by molar-refractivity contribution is -0.129. The van der Waals surface area contributed by atoms with E-state index in [1.54, 1.807) is 13.0 Å². The summed E-state index contributed by atoms with van der Waals surface area (Å²) in [5.41, 5.74) is 0.275. The zero-order valence-electron chi connectivity index (χ0n) is 12.3. The zero-order valence-corrected chi connectivity index (χ0v) is 12.3. The molecule has 0 saturated heterocycles. The lowest BCUT2D eigenvalue weighted by Crippen LogP contribution is -2.37. The van der Waals surface area contributed by atoms with Crippen LogP contribution in [0.4, 0.5) is 0 Å². The minimum atomic E-state index is -0.838. The van der Waals surface area contributed by atoms with Crippen LogP contribution in [0, 0.1) is 0 Å². The Hall–Kier alpha value is -2.24. The van der Waals surface area contributed by atoms with Crippen molar-refractivity contribution >= 4 is 11.9 Å². The number of ether oxygens (including phenoxy) is 3. The average molecular weight is 293 g/mol. The molecule has 1 N–H and O–H groups in total. The summed E-state index contributed by atoms with van der Waals surface area (Å²) < 4.78 is 15.4. The van der Waals surface area contributed by atoms with Crippen molar-refractivity contribution in [3.05, 3.63) is 23.8 Å². The second-order valence-electron chi connectivity index (χ2n) is 4.93. The Labute approximate surface area is 123 Å². The van der Waals surface area contributed by atoms with Crippen molar-refractivity contribution < 1.29 is 23.8 Å². The number of carbonyl (C=O) groups is 2. The van der Waals surface area contributed by atoms with Gasteiger partial charge in [-0.2, -0.15) is 0 Å². The molecule has 0 aromatic heterocycles. The first-order valence-electron chi connectivity index (χ1n) is 6.78. The highest BCUT2D eigenvalue weighted by Crippen LogP contribution is 2.23. The number of rotatable bonds is 6. The first kappa shape index (κ1) is 15.2. The maximum absolute atomic E-state index is 12.1. The molecule has 1 aliphatic carbocycles. The lowest BCUT2D eigenvalue weighted by atomic mass is 10.2. The molecule has 0 heterocycles. The Kier molecular flexibility index (Phi) is 4.67. The van der Waals surface area contributed by atoms with Crippen LogP contribution in [0.3, 0.4) is 0 Å². The fourth-order valence-electron chi connectivity index (χ4n) is 1.75. The molecule has 1 aromatic rings. The monoisotopic (exact) mass is 293 g/mol. The van der Waals surface area contributed by atoms with E-state index in [0.29, 0.717) is 11.5 Å². The molecular formula is C15H19NO5. The minimum absolute atomic E-state index is 0.232. The third-order valence-corrected chi connectivity index (χ3v) is 3.16. The van der Waals surface area contributed by atoms with E-state index in [1.807, 2.05) is 0 Å². The average Bonchev–Trinajstić information content (AvgIpc) is 3.30. The number of amides is 1. The van der Waals surface area contributed by atoms with Crippen molar-refractivity contribution in [3.8, 4) is 11.5 Å². The van der Waals surface area contributed by atoms with Crippen LogP contribution in [0.2, 0.25) is 0 Å². The third-order valence-electron chi connectivity index (χ3n) is 3.16. The first-order chi connectivity index (χ1) is 10.0. The van der Waals surface area contributed by atoms with Crippen molar-refractivity contribution in [1.29, 1.82) is 0 Å². The molecule has 1 aromatic carbocycles. The predicted octanol–water partition coefficient (Wildman–Crippen LogP) is 1.53. The van der Waals surface area contributed by atoms with Gasteiger partial charge in [0, 0.05) is 12.1 Å². The minimum Gasteiger partial charge on any atom is -0.497 e. The van der Waals surface area contributed by atoms with Gasteiger partial charge in [0.1, 0.15) is 11.5 Å². The zero-order chi connectivity index (χ0) is 15.4. The van der Waals surface area contributed by atoms with Crippen molar-refractivity contribution in [2.75, 3.05) is 14.2 Å². The van der Waals surface area contributed by atoms with Crippen LogP contribution in [-0.2, 0) is 9.53 Å². The van der Waals surface area contributed by atoms with Gasteiger partial charge < -0.3 is 19.5 Å². The largest absolute Gasteiger partial charge is 0.497 e. The quantitative estimate of drug-likeness (QED) is 0.805. The van der Waals surface area contributed by atoms with Crippen LogP contribution in [0.5, 0.6) is 11.5 Å². The molecule has 1 atom stereocenters. The molecule has 1 aliphatic rings. The van der Waals surface area contributed by atoms with Crippen molar-refractivity contribution in [1.82, 2.24) is 5.32 Å². The molecular weight excluding hydrogens is 274 g/mol. The second-order valence-corrected chi connectivity index (χ2v) is 4.93. The SMILES string of the molecule is COc1cc(OC)cc(C(=O)O[C@H](C)C(=O)NC2CC2)c1. The summed E-state index contributed by atoms with van der Waals surface area (Å²) in [6, 6.07) is 4.96. The number of hydrogen-bond acceptors (Lipinski definition) is 5. The van der Waals surface area contributed by atoms with Crippen LogP contribution in [0.1, 0.15) is 30.1 Å². The molecule has 0 spiro atoms. The van der Waals surface area contributed by atoms with Gasteiger partial charge in [-0.3, -0.25) is 4.79 Å². The summed E-state index contributed by atoms with van der Waals surface area (Å²) >= 11 is 0. The number of methoxy groups -OCH3 is 2. The van der Waals surface area contributed by atoms with E-state index < -0.39 is 12.1 Å². The molecule has 114 valence electrons. The molecule has 21 heavy (non-hydrogen) atoms. The van der Waals surface area contributed by atoms with Gasteiger partial charge >= 0.3 is 5.97 Å². The van der Waals surface area contributed by atoms with Crippen molar-refractivity contribution in [2.24, 2.45) is 0 Å². The highest BCUT2D eigenvalue weighted by atomic mass is 16.5. The van der Waals surface area contributed by atoms with E-state index in [1.165, 1.54) is 26.4 Å². The first-order valence-corrected chi connectivity index (χ1v) is 6.78. The van der Waals surface area contributed by atoms with Crippen LogP contribution < -0.4 is 14.8 Å². The van der Waals surface area contributed by atoms with E-state index in [-0.39, 0.29) is 17.5 Å². The van der Waals surface area contributed by atoms with Gasteiger partial charge in [-0.1, -0.05) is 0 Å². The fourth-order valence-corrected chi connectivity index (χ4v) is 1.75. The van der Waals surface area contributed by atoms with Gasteiger partial charge in [0.25, 0.3) is 5.91 Å². The summed E-state index contributed by atoms with van der Waals surface area (Å²) in [7, 11) is 2.99. The molecule has 0 radical (unpaired) electrons. The molecule has 1 amide bonds. The number of nitrogens with one attached hydrogen (secondary N) is 1. The number of carbonyl (C=O) groups excluding carboxylic acids is 2. The van der Waals surface area contributed by atoms with Crippen LogP contribution in [0.15, 0.2) is 18.2 Å². The van der Waals surface area contributed by atoms with Gasteiger partial charge in [-0.05, 0) is 31.9 Å². The van der Waals surface area contributed by atoms with Gasteiger partial charge in [0.05, 0.1) is 19.8 Å². The maximum atomic E-state index is 12.1. The Morgan fingerprint density at radius 3 is 2.19 bits per heavy atom. The van der Waals surface area contributed by atoms with E-state index in [2.05, 4.69) is 5.32 Å². The highest BCUT2D eigenvalue weighted by molar-refractivity contribution is 5.93. The normalized spacial score (nSPS) is 15.0. The molecule has 0 unspecified atom stereocenters. The Morgan fingerprint density at radius 1 is 1.14 bits per heavy atom. The number of esters is 1. The van der Waals surface area contributed by atoms with Crippen molar-refractivity contribution in [2.45, 2.75) is 31.9 Å². The lowest BCUT2D eigenvalue weighted by Gasteiger charge is -2.14. The second kappa shape index (κ2) is 6.47. The van der Waals surface area contributed by atoms with Crippen LogP contribution in [0.25, 0.3) is 0 Å². The summed E-state index contributed by atoms with van der Waals surface area (Å²) in [5.74, 6) is 0.0964. The van der Waals surface area contributed by atoms with Gasteiger partial charge in [0.15, 0.2) is 6.10 Å². The summed E-state index contributed by atoms with van der Waals surface area (Å²) in [6.45, 7) is 1.55. The standard InChI is InChI=1S/C15H19NO5/c1-9(14(17)16-11-4-5-11)21-15(18)10-6-12(19-2)8-13(7-10)20-3/h6-9,11H,4-5H2,1-3H3,(H,16,17)/t9-/m1/s1. The van der Waals surface area contributed by atoms with Crippen LogP contribution in [-0.4, -0.2) is 38.2 Å². The Balaban J connectivity index is 2.02. The number of hydrogen-bond donors (Lipinski definition) is 1. The van der Waals surface area contributed by atoms with E-state index >= 15 is 0 Å². The predicted molar refractivity (Wildman–Crippen MR) is 75.6 cm³/mol. The topological polar surface area (TPSA) is 73.9 Å². The fraction of sp³-hybridized carbons (Fsp3) is 0.467. The van der Waals surface area contributed by atoms with E-state index in [0.717, 1.165) is 12.8 Å². The van der Waals surface area contributed by atoms with Gasteiger partial charge in [0.2, 0.25) is 0 Å². The Bertz CT molecular complexity index is 517. The van der Waals surface area contributed by atoms with Gasteiger partial charge in [-0.25, -0.2) is 4.79 Å². The molecule has 1 saturated carbocycles. The maximum Gasteiger partial charge on any atom is 0.339 e. The highest BCUT2D eigenvalue weighted by Gasteiger charge is 2.27. The smallest absolute Gasteiger partial charge is 0.339 e. The summed E-state index contributed by atoms with van der Waals surface area (Å²) in [5, 5.41) is 2.79. The molecule has 2 rings (SSSR count). The molecule has 6 nitrogen and oxygen atoms in total. The summed E-state index contributed by atoms with van der Waals surface area (Å²) in [4.78, 5) is 23.9. The summed E-state index contributed by atoms with van der Waals surface area (Å²) in [6.07, 6.45) is 1.13. The van der Waals surface area contributed by atoms with E-state index in [4.69, 9.17) is 14.2 Å². The van der Waals surface area contributed by atoms with Crippen molar-refractivity contribution in [3.63, 3.8) is 0 Å². The van der Waals surface area contributed by atoms with Crippen LogP contribution >= 0.6 is 0 Å². The molecule has 6 heteroatoms. The molecule has 1 fully saturated rings. The Morgan fingerprint density at radius 2 is 1.71 bits per heavy atom. The molecule has 0 aliphatic heterocycles. The third kappa shape index (κ3) is 4.11.